The molecule has 0 unspecified atom stereocenters. The van der Waals surface area contributed by atoms with E-state index in [0.29, 0.717) is 5.75 Å². The topological polar surface area (TPSA) is 26.3 Å². The molecule has 0 spiro atoms. The number of hydrogen-bond acceptors (Lipinski definition) is 2. The van der Waals surface area contributed by atoms with Crippen LogP contribution in [0.1, 0.15) is 25.0 Å². The van der Waals surface area contributed by atoms with E-state index in [1.54, 1.807) is 6.07 Å². The molecule has 72 valence electrons. The minimum Gasteiger partial charge on any atom is -0.427 e. The lowest BCUT2D eigenvalue weighted by atomic mass is 10.1. The van der Waals surface area contributed by atoms with Crippen LogP contribution in [0.3, 0.4) is 0 Å². The van der Waals surface area contributed by atoms with Crippen LogP contribution in [0.25, 0.3) is 0 Å². The monoisotopic (exact) mass is 188 g/mol. The molecule has 0 aliphatic rings. The van der Waals surface area contributed by atoms with Crippen molar-refractivity contribution in [2.75, 3.05) is 0 Å². The number of esters is 1. The third-order valence-corrected chi connectivity index (χ3v) is 1.80. The first-order valence-electron chi connectivity index (χ1n) is 4.44. The quantitative estimate of drug-likeness (QED) is 0.404. The van der Waals surface area contributed by atoms with Crippen LogP contribution < -0.4 is 4.74 Å². The lowest BCUT2D eigenvalue weighted by Crippen LogP contribution is -2.02. The van der Waals surface area contributed by atoms with E-state index in [2.05, 4.69) is 5.92 Å². The summed E-state index contributed by atoms with van der Waals surface area (Å²) in [5.41, 5.74) is 1.80. The number of hydrogen-bond donors (Lipinski definition) is 0. The number of rotatable bonds is 2. The van der Waals surface area contributed by atoms with Crippen molar-refractivity contribution in [3.63, 3.8) is 0 Å². The van der Waals surface area contributed by atoms with E-state index in [9.17, 15) is 4.79 Å². The van der Waals surface area contributed by atoms with Gasteiger partial charge in [0.15, 0.2) is 0 Å². The highest BCUT2D eigenvalue weighted by atomic mass is 16.5. The van der Waals surface area contributed by atoms with Crippen LogP contribution >= 0.6 is 0 Å². The van der Waals surface area contributed by atoms with Gasteiger partial charge in [-0.05, 0) is 30.2 Å². The zero-order valence-electron chi connectivity index (χ0n) is 8.33. The SMILES string of the molecule is C#Cc1cc(CC)cc(OC(C)=O)c1. The van der Waals surface area contributed by atoms with Gasteiger partial charge in [0.25, 0.3) is 0 Å². The standard InChI is InChI=1S/C12H12O2/c1-4-10-6-11(5-2)8-12(7-10)14-9(3)13/h1,6-8H,5H2,2-3H3. The third kappa shape index (κ3) is 2.63. The maximum atomic E-state index is 10.7. The van der Waals surface area contributed by atoms with Crippen molar-refractivity contribution < 1.29 is 9.53 Å². The molecule has 1 aromatic rings. The van der Waals surface area contributed by atoms with Crippen LogP contribution in [0.4, 0.5) is 0 Å². The Hall–Kier alpha value is -1.75. The first kappa shape index (κ1) is 10.3. The molecule has 0 aromatic heterocycles. The number of carbonyl (C=O) groups excluding carboxylic acids is 1. The van der Waals surface area contributed by atoms with Gasteiger partial charge < -0.3 is 4.74 Å². The number of ether oxygens (including phenoxy) is 1. The summed E-state index contributed by atoms with van der Waals surface area (Å²) in [6.45, 7) is 3.39. The predicted octanol–water partition coefficient (Wildman–Crippen LogP) is 2.16. The molecule has 0 radical (unpaired) electrons. The smallest absolute Gasteiger partial charge is 0.308 e. The Bertz CT molecular complexity index is 386. The molecule has 0 aliphatic carbocycles. The fraction of sp³-hybridized carbons (Fsp3) is 0.250. The third-order valence-electron chi connectivity index (χ3n) is 1.80. The van der Waals surface area contributed by atoms with Crippen LogP contribution in [0.2, 0.25) is 0 Å². The Labute approximate surface area is 83.9 Å². The molecule has 0 N–H and O–H groups in total. The van der Waals surface area contributed by atoms with Crippen molar-refractivity contribution in [1.29, 1.82) is 0 Å². The minimum atomic E-state index is -0.332. The van der Waals surface area contributed by atoms with E-state index in [4.69, 9.17) is 11.2 Å². The number of carbonyl (C=O) groups is 1. The average molecular weight is 188 g/mol. The summed E-state index contributed by atoms with van der Waals surface area (Å²) in [5.74, 6) is 2.71. The van der Waals surface area contributed by atoms with Crippen molar-refractivity contribution in [2.45, 2.75) is 20.3 Å². The zero-order valence-corrected chi connectivity index (χ0v) is 8.33. The molecule has 1 aromatic carbocycles. The van der Waals surface area contributed by atoms with Crippen molar-refractivity contribution in [1.82, 2.24) is 0 Å². The molecule has 0 aliphatic heterocycles. The fourth-order valence-electron chi connectivity index (χ4n) is 1.17. The van der Waals surface area contributed by atoms with Gasteiger partial charge in [-0.25, -0.2) is 0 Å². The second-order valence-electron chi connectivity index (χ2n) is 2.96. The van der Waals surface area contributed by atoms with Gasteiger partial charge >= 0.3 is 5.97 Å². The molecule has 0 amide bonds. The minimum absolute atomic E-state index is 0.332. The van der Waals surface area contributed by atoms with Crippen molar-refractivity contribution in [3.05, 3.63) is 29.3 Å². The highest BCUT2D eigenvalue weighted by Gasteiger charge is 2.01. The normalized spacial score (nSPS) is 9.21. The van der Waals surface area contributed by atoms with Crippen LogP contribution in [0.15, 0.2) is 18.2 Å². The highest BCUT2D eigenvalue weighted by molar-refractivity contribution is 5.69. The van der Waals surface area contributed by atoms with Crippen LogP contribution in [0.5, 0.6) is 5.75 Å². The lowest BCUT2D eigenvalue weighted by molar-refractivity contribution is -0.131. The van der Waals surface area contributed by atoms with E-state index in [1.165, 1.54) is 6.92 Å². The number of aryl methyl sites for hydroxylation is 1. The van der Waals surface area contributed by atoms with Gasteiger partial charge in [-0.3, -0.25) is 4.79 Å². The molecule has 2 heteroatoms. The second kappa shape index (κ2) is 4.48. The average Bonchev–Trinajstić information content (AvgIpc) is 2.16. The molecule has 1 rings (SSSR count). The van der Waals surface area contributed by atoms with Gasteiger partial charge in [-0.15, -0.1) is 6.42 Å². The van der Waals surface area contributed by atoms with Gasteiger partial charge in [0.2, 0.25) is 0 Å². The lowest BCUT2D eigenvalue weighted by Gasteiger charge is -2.04. The number of benzene rings is 1. The molecule has 14 heavy (non-hydrogen) atoms. The van der Waals surface area contributed by atoms with Gasteiger partial charge in [0.05, 0.1) is 0 Å². The van der Waals surface area contributed by atoms with Gasteiger partial charge in [-0.2, -0.15) is 0 Å². The molecule has 0 bridgehead atoms. The molecular formula is C12H12O2. The Morgan fingerprint density at radius 2 is 2.21 bits per heavy atom. The van der Waals surface area contributed by atoms with Crippen LogP contribution in [0, 0.1) is 12.3 Å². The summed E-state index contributed by atoms with van der Waals surface area (Å²) in [6.07, 6.45) is 6.15. The Morgan fingerprint density at radius 1 is 1.50 bits per heavy atom. The van der Waals surface area contributed by atoms with Crippen molar-refractivity contribution in [3.8, 4) is 18.1 Å². The molecule has 0 heterocycles. The summed E-state index contributed by atoms with van der Waals surface area (Å²) < 4.78 is 4.96. The van der Waals surface area contributed by atoms with Gasteiger partial charge in [-0.1, -0.05) is 12.8 Å². The van der Waals surface area contributed by atoms with Gasteiger partial charge in [0.1, 0.15) is 5.75 Å². The molecule has 0 atom stereocenters. The molecule has 2 nitrogen and oxygen atoms in total. The maximum absolute atomic E-state index is 10.7. The summed E-state index contributed by atoms with van der Waals surface area (Å²) >= 11 is 0. The summed E-state index contributed by atoms with van der Waals surface area (Å²) in [4.78, 5) is 10.7. The Balaban J connectivity index is 3.05. The second-order valence-corrected chi connectivity index (χ2v) is 2.96. The zero-order chi connectivity index (χ0) is 10.6. The van der Waals surface area contributed by atoms with Crippen LogP contribution in [-0.4, -0.2) is 5.97 Å². The van der Waals surface area contributed by atoms with E-state index >= 15 is 0 Å². The summed E-state index contributed by atoms with van der Waals surface area (Å²) in [6, 6.07) is 5.41. The number of terminal acetylenes is 1. The van der Waals surface area contributed by atoms with Crippen molar-refractivity contribution in [2.24, 2.45) is 0 Å². The predicted molar refractivity (Wildman–Crippen MR) is 55.1 cm³/mol. The summed E-state index contributed by atoms with van der Waals surface area (Å²) in [7, 11) is 0. The first-order chi connectivity index (χ1) is 6.65. The molecular weight excluding hydrogens is 176 g/mol. The molecule has 0 saturated carbocycles. The van der Waals surface area contributed by atoms with E-state index in [-0.39, 0.29) is 5.97 Å². The van der Waals surface area contributed by atoms with E-state index in [1.807, 2.05) is 19.1 Å². The van der Waals surface area contributed by atoms with Crippen molar-refractivity contribution >= 4 is 5.97 Å². The Kier molecular flexibility index (Phi) is 3.30. The summed E-state index contributed by atoms with van der Waals surface area (Å²) in [5, 5.41) is 0. The first-order valence-corrected chi connectivity index (χ1v) is 4.44. The molecule has 0 saturated heterocycles. The van der Waals surface area contributed by atoms with E-state index < -0.39 is 0 Å². The van der Waals surface area contributed by atoms with Gasteiger partial charge in [0, 0.05) is 12.5 Å². The Morgan fingerprint density at radius 3 is 2.71 bits per heavy atom. The molecule has 0 fully saturated rings. The van der Waals surface area contributed by atoms with Crippen LogP contribution in [-0.2, 0) is 11.2 Å². The maximum Gasteiger partial charge on any atom is 0.308 e. The van der Waals surface area contributed by atoms with E-state index in [0.717, 1.165) is 17.5 Å². The highest BCUT2D eigenvalue weighted by Crippen LogP contribution is 2.17. The fourth-order valence-corrected chi connectivity index (χ4v) is 1.17. The largest absolute Gasteiger partial charge is 0.427 e.